The number of halogens is 3. The van der Waals surface area contributed by atoms with Crippen LogP contribution in [0, 0.1) is 5.82 Å². The first kappa shape index (κ1) is 25.8. The van der Waals surface area contributed by atoms with E-state index in [4.69, 9.17) is 0 Å². The predicted molar refractivity (Wildman–Crippen MR) is 141 cm³/mol. The van der Waals surface area contributed by atoms with Gasteiger partial charge in [-0.2, -0.15) is 0 Å². The van der Waals surface area contributed by atoms with Crippen molar-refractivity contribution >= 4 is 53.5 Å². The lowest BCUT2D eigenvalue weighted by Gasteiger charge is -2.38. The van der Waals surface area contributed by atoms with Gasteiger partial charge in [-0.3, -0.25) is 14.4 Å². The van der Waals surface area contributed by atoms with Gasteiger partial charge in [0, 0.05) is 46.9 Å². The molecular formula is C25H24Br2FN3O3S. The minimum Gasteiger partial charge on any atom is -0.336 e. The Labute approximate surface area is 221 Å². The Hall–Kier alpha value is -2.27. The minimum atomic E-state index is -4.01. The molecule has 4 rings (SSSR count). The number of anilines is 1. The Balaban J connectivity index is 1.46. The maximum atomic E-state index is 14.6. The van der Waals surface area contributed by atoms with Crippen LogP contribution in [0.1, 0.15) is 28.9 Å². The zero-order valence-electron chi connectivity index (χ0n) is 18.9. The van der Waals surface area contributed by atoms with Crippen LogP contribution in [0.4, 0.5) is 10.1 Å². The highest BCUT2D eigenvalue weighted by molar-refractivity contribution is 9.10. The minimum absolute atomic E-state index is 0.176. The molecule has 0 radical (unpaired) electrons. The number of nitrogens with zero attached hydrogens (tertiary/aromatic N) is 2. The van der Waals surface area contributed by atoms with Crippen LogP contribution in [-0.2, 0) is 10.0 Å². The van der Waals surface area contributed by atoms with Crippen molar-refractivity contribution in [2.75, 3.05) is 30.9 Å². The molecule has 184 valence electrons. The van der Waals surface area contributed by atoms with E-state index in [1.165, 1.54) is 5.56 Å². The normalized spacial score (nSPS) is 15.6. The van der Waals surface area contributed by atoms with Crippen LogP contribution in [0.25, 0.3) is 0 Å². The van der Waals surface area contributed by atoms with Crippen molar-refractivity contribution in [3.63, 3.8) is 0 Å². The molecule has 1 aliphatic rings. The van der Waals surface area contributed by atoms with Gasteiger partial charge in [-0.05, 0) is 61.0 Å². The van der Waals surface area contributed by atoms with Gasteiger partial charge in [0.25, 0.3) is 15.9 Å². The lowest BCUT2D eigenvalue weighted by molar-refractivity contribution is 0.0577. The molecule has 1 N–H and O–H groups in total. The number of sulfonamides is 1. The fourth-order valence-corrected chi connectivity index (χ4v) is 5.78. The third-order valence-electron chi connectivity index (χ3n) is 6.06. The maximum Gasteiger partial charge on any atom is 0.261 e. The quantitative estimate of drug-likeness (QED) is 0.384. The summed E-state index contributed by atoms with van der Waals surface area (Å²) in [6.07, 6.45) is 0. The van der Waals surface area contributed by atoms with E-state index in [1.807, 2.05) is 12.1 Å². The zero-order chi connectivity index (χ0) is 25.2. The lowest BCUT2D eigenvalue weighted by atomic mass is 10.1. The lowest BCUT2D eigenvalue weighted by Crippen LogP contribution is -2.49. The summed E-state index contributed by atoms with van der Waals surface area (Å²) in [6.45, 7) is 4.23. The Morgan fingerprint density at radius 2 is 1.63 bits per heavy atom. The van der Waals surface area contributed by atoms with E-state index in [2.05, 4.69) is 60.5 Å². The summed E-state index contributed by atoms with van der Waals surface area (Å²) in [5, 5.41) is 0. The van der Waals surface area contributed by atoms with E-state index < -0.39 is 21.7 Å². The van der Waals surface area contributed by atoms with Gasteiger partial charge < -0.3 is 4.90 Å². The van der Waals surface area contributed by atoms with Gasteiger partial charge in [-0.1, -0.05) is 50.1 Å². The maximum absolute atomic E-state index is 14.6. The summed E-state index contributed by atoms with van der Waals surface area (Å²) in [6, 6.07) is 18.3. The summed E-state index contributed by atoms with van der Waals surface area (Å²) in [4.78, 5) is 16.8. The van der Waals surface area contributed by atoms with Crippen LogP contribution in [0.3, 0.4) is 0 Å². The van der Waals surface area contributed by atoms with E-state index in [0.29, 0.717) is 36.3 Å². The van der Waals surface area contributed by atoms with Crippen molar-refractivity contribution in [2.45, 2.75) is 17.9 Å². The standard InChI is InChI=1S/C25H24Br2FN3O3S/c1-17(18-5-7-19(26)8-6-18)30-11-13-31(14-12-30)25(32)23-16-22(9-10-24(23)28)35(33,34)29-21-4-2-3-20(27)15-21/h2-10,15-17,29H,11-14H2,1H3. The summed E-state index contributed by atoms with van der Waals surface area (Å²) < 4.78 is 44.5. The number of hydrogen-bond acceptors (Lipinski definition) is 4. The summed E-state index contributed by atoms with van der Waals surface area (Å²) in [5.41, 5.74) is 1.28. The second-order valence-corrected chi connectivity index (χ2v) is 11.8. The molecule has 1 fully saturated rings. The predicted octanol–water partition coefficient (Wildman–Crippen LogP) is 5.67. The molecule has 1 saturated heterocycles. The number of nitrogens with one attached hydrogen (secondary N) is 1. The first-order valence-electron chi connectivity index (χ1n) is 11.0. The molecule has 10 heteroatoms. The van der Waals surface area contributed by atoms with Gasteiger partial charge in [-0.25, -0.2) is 12.8 Å². The highest BCUT2D eigenvalue weighted by Crippen LogP contribution is 2.25. The highest BCUT2D eigenvalue weighted by atomic mass is 79.9. The number of rotatable bonds is 6. The first-order chi connectivity index (χ1) is 16.6. The van der Waals surface area contributed by atoms with Crippen molar-refractivity contribution in [3.05, 3.63) is 92.6 Å². The number of amides is 1. The molecule has 0 saturated carbocycles. The van der Waals surface area contributed by atoms with Crippen molar-refractivity contribution < 1.29 is 17.6 Å². The van der Waals surface area contributed by atoms with Gasteiger partial charge in [0.2, 0.25) is 0 Å². The number of benzene rings is 3. The highest BCUT2D eigenvalue weighted by Gasteiger charge is 2.28. The molecule has 35 heavy (non-hydrogen) atoms. The Kier molecular flexibility index (Phi) is 7.95. The number of hydrogen-bond donors (Lipinski definition) is 1. The largest absolute Gasteiger partial charge is 0.336 e. The second-order valence-electron chi connectivity index (χ2n) is 8.31. The molecule has 6 nitrogen and oxygen atoms in total. The second kappa shape index (κ2) is 10.8. The smallest absolute Gasteiger partial charge is 0.261 e. The van der Waals surface area contributed by atoms with Crippen molar-refractivity contribution in [1.29, 1.82) is 0 Å². The van der Waals surface area contributed by atoms with E-state index in [1.54, 1.807) is 29.2 Å². The molecule has 0 aromatic heterocycles. The molecule has 3 aromatic rings. The van der Waals surface area contributed by atoms with Crippen molar-refractivity contribution in [1.82, 2.24) is 9.80 Å². The average Bonchev–Trinajstić information content (AvgIpc) is 2.83. The van der Waals surface area contributed by atoms with Gasteiger partial charge in [0.1, 0.15) is 5.82 Å². The van der Waals surface area contributed by atoms with Gasteiger partial charge in [-0.15, -0.1) is 0 Å². The molecule has 3 aromatic carbocycles. The van der Waals surface area contributed by atoms with E-state index in [-0.39, 0.29) is 16.5 Å². The van der Waals surface area contributed by atoms with E-state index in [0.717, 1.165) is 22.7 Å². The molecule has 0 spiro atoms. The molecule has 1 unspecified atom stereocenters. The van der Waals surface area contributed by atoms with Gasteiger partial charge in [0.05, 0.1) is 10.5 Å². The fourth-order valence-electron chi connectivity index (χ4n) is 4.04. The Morgan fingerprint density at radius 3 is 2.29 bits per heavy atom. The Bertz CT molecular complexity index is 1330. The zero-order valence-corrected chi connectivity index (χ0v) is 22.9. The summed E-state index contributed by atoms with van der Waals surface area (Å²) >= 11 is 6.75. The molecule has 1 atom stereocenters. The molecule has 1 amide bonds. The van der Waals surface area contributed by atoms with Crippen molar-refractivity contribution in [2.24, 2.45) is 0 Å². The van der Waals surface area contributed by atoms with E-state index >= 15 is 0 Å². The molecule has 0 bridgehead atoms. The van der Waals surface area contributed by atoms with Crippen LogP contribution in [-0.4, -0.2) is 50.3 Å². The van der Waals surface area contributed by atoms with Crippen LogP contribution in [0.15, 0.2) is 80.6 Å². The number of piperazine rings is 1. The SMILES string of the molecule is CC(c1ccc(Br)cc1)N1CCN(C(=O)c2cc(S(=O)(=O)Nc3cccc(Br)c3)ccc2F)CC1. The number of carbonyl (C=O) groups excluding carboxylic acids is 1. The third-order valence-corrected chi connectivity index (χ3v) is 8.46. The average molecular weight is 625 g/mol. The van der Waals surface area contributed by atoms with Crippen molar-refractivity contribution in [3.8, 4) is 0 Å². The van der Waals surface area contributed by atoms with Crippen LogP contribution < -0.4 is 4.72 Å². The first-order valence-corrected chi connectivity index (χ1v) is 14.1. The molecule has 1 heterocycles. The van der Waals surface area contributed by atoms with Crippen LogP contribution in [0.5, 0.6) is 0 Å². The van der Waals surface area contributed by atoms with Gasteiger partial charge in [0.15, 0.2) is 0 Å². The topological polar surface area (TPSA) is 69.7 Å². The van der Waals surface area contributed by atoms with Crippen LogP contribution >= 0.6 is 31.9 Å². The summed E-state index contributed by atoms with van der Waals surface area (Å²) in [5.74, 6) is -1.26. The Morgan fingerprint density at radius 1 is 0.943 bits per heavy atom. The van der Waals surface area contributed by atoms with E-state index in [9.17, 15) is 17.6 Å². The third kappa shape index (κ3) is 6.11. The molecule has 0 aliphatic carbocycles. The monoisotopic (exact) mass is 623 g/mol. The van der Waals surface area contributed by atoms with Gasteiger partial charge >= 0.3 is 0 Å². The fraction of sp³-hybridized carbons (Fsp3) is 0.240. The molecular weight excluding hydrogens is 601 g/mol. The summed E-state index contributed by atoms with van der Waals surface area (Å²) in [7, 11) is -4.01. The van der Waals surface area contributed by atoms with Crippen LogP contribution in [0.2, 0.25) is 0 Å². The molecule has 1 aliphatic heterocycles. The number of carbonyl (C=O) groups is 1.